The van der Waals surface area contributed by atoms with E-state index in [2.05, 4.69) is 20.3 Å². The van der Waals surface area contributed by atoms with Crippen LogP contribution in [0.3, 0.4) is 0 Å². The monoisotopic (exact) mass is 532 g/mol. The Morgan fingerprint density at radius 1 is 1.03 bits per heavy atom. The summed E-state index contributed by atoms with van der Waals surface area (Å²) in [5.41, 5.74) is 1.66. The van der Waals surface area contributed by atoms with Crippen LogP contribution in [0.25, 0.3) is 0 Å². The second-order valence-electron chi connectivity index (χ2n) is 7.28. The van der Waals surface area contributed by atoms with Crippen molar-refractivity contribution >= 4 is 61.4 Å². The number of rotatable bonds is 11. The standard InChI is InChI=1S/C23H24N4O5S3/c28-20(12-13-21(29)32-15-4-7-17-5-2-1-3-6-17)26-22(33)25-18-8-10-19(11-9-18)35(30,31)27-23-24-14-16-34-23/h1-3,5-6,8-11,14,16H,4,7,12-13,15H2,(H,24,27)(H2,25,26,28,33). The van der Waals surface area contributed by atoms with Gasteiger partial charge in [-0.15, -0.1) is 11.3 Å². The van der Waals surface area contributed by atoms with Crippen LogP contribution in [0.1, 0.15) is 24.8 Å². The van der Waals surface area contributed by atoms with E-state index in [0.29, 0.717) is 18.7 Å². The average molecular weight is 533 g/mol. The number of thiocarbonyl (C=S) groups is 1. The molecule has 0 saturated carbocycles. The Morgan fingerprint density at radius 3 is 2.46 bits per heavy atom. The average Bonchev–Trinajstić information content (AvgIpc) is 3.34. The summed E-state index contributed by atoms with van der Waals surface area (Å²) in [5, 5.41) is 7.25. The number of carbonyl (C=O) groups excluding carboxylic acids is 2. The number of aryl methyl sites for hydroxylation is 1. The Kier molecular flexibility index (Phi) is 9.70. The SMILES string of the molecule is O=C(CCC(=O)OCCCc1ccccc1)NC(=S)Nc1ccc(S(=O)(=O)Nc2nccs2)cc1. The number of aromatic nitrogens is 1. The normalized spacial score (nSPS) is 10.9. The highest BCUT2D eigenvalue weighted by Gasteiger charge is 2.15. The van der Waals surface area contributed by atoms with Crippen LogP contribution in [0.5, 0.6) is 0 Å². The number of ether oxygens (including phenoxy) is 1. The number of esters is 1. The van der Waals surface area contributed by atoms with Gasteiger partial charge in [-0.2, -0.15) is 0 Å². The molecule has 35 heavy (non-hydrogen) atoms. The van der Waals surface area contributed by atoms with Gasteiger partial charge in [-0.1, -0.05) is 30.3 Å². The molecule has 0 atom stereocenters. The molecule has 12 heteroatoms. The van der Waals surface area contributed by atoms with Crippen molar-refractivity contribution in [2.75, 3.05) is 16.6 Å². The van der Waals surface area contributed by atoms with Crippen molar-refractivity contribution in [3.05, 3.63) is 71.7 Å². The number of nitrogens with zero attached hydrogens (tertiary/aromatic N) is 1. The van der Waals surface area contributed by atoms with Crippen LogP contribution in [0, 0.1) is 0 Å². The van der Waals surface area contributed by atoms with Crippen molar-refractivity contribution in [2.45, 2.75) is 30.6 Å². The number of amides is 1. The smallest absolute Gasteiger partial charge is 0.306 e. The minimum atomic E-state index is -3.76. The topological polar surface area (TPSA) is 126 Å². The molecule has 0 fully saturated rings. The summed E-state index contributed by atoms with van der Waals surface area (Å²) in [7, 11) is -3.76. The second kappa shape index (κ2) is 12.9. The van der Waals surface area contributed by atoms with E-state index in [-0.39, 0.29) is 28.0 Å². The van der Waals surface area contributed by atoms with E-state index in [0.717, 1.165) is 6.42 Å². The molecule has 184 valence electrons. The molecule has 1 heterocycles. The molecule has 3 N–H and O–H groups in total. The number of sulfonamides is 1. The van der Waals surface area contributed by atoms with E-state index in [9.17, 15) is 18.0 Å². The summed E-state index contributed by atoms with van der Waals surface area (Å²) in [6, 6.07) is 15.7. The Morgan fingerprint density at radius 2 is 1.77 bits per heavy atom. The summed E-state index contributed by atoms with van der Waals surface area (Å²) in [6.07, 6.45) is 2.89. The van der Waals surface area contributed by atoms with Crippen molar-refractivity contribution < 1.29 is 22.7 Å². The minimum absolute atomic E-state index is 0.0303. The van der Waals surface area contributed by atoms with Gasteiger partial charge in [-0.3, -0.25) is 14.3 Å². The molecule has 3 aromatic rings. The maximum absolute atomic E-state index is 12.4. The zero-order valence-corrected chi connectivity index (χ0v) is 21.0. The Hall–Kier alpha value is -3.35. The quantitative estimate of drug-likeness (QED) is 0.194. The summed E-state index contributed by atoms with van der Waals surface area (Å²) in [5.74, 6) is -0.883. The van der Waals surface area contributed by atoms with Crippen LogP contribution in [0.2, 0.25) is 0 Å². The van der Waals surface area contributed by atoms with Gasteiger partial charge < -0.3 is 15.4 Å². The molecule has 0 bridgehead atoms. The number of benzene rings is 2. The lowest BCUT2D eigenvalue weighted by Crippen LogP contribution is -2.34. The molecule has 0 spiro atoms. The third-order valence-electron chi connectivity index (χ3n) is 4.60. The third kappa shape index (κ3) is 9.08. The van der Waals surface area contributed by atoms with E-state index in [4.69, 9.17) is 17.0 Å². The number of nitrogens with one attached hydrogen (secondary N) is 3. The highest BCUT2D eigenvalue weighted by Crippen LogP contribution is 2.19. The minimum Gasteiger partial charge on any atom is -0.466 e. The third-order valence-corrected chi connectivity index (χ3v) is 6.98. The maximum atomic E-state index is 12.4. The van der Waals surface area contributed by atoms with Crippen molar-refractivity contribution in [1.29, 1.82) is 0 Å². The maximum Gasteiger partial charge on any atom is 0.306 e. The van der Waals surface area contributed by atoms with E-state index >= 15 is 0 Å². The molecule has 9 nitrogen and oxygen atoms in total. The lowest BCUT2D eigenvalue weighted by atomic mass is 10.1. The molecule has 0 aliphatic heterocycles. The van der Waals surface area contributed by atoms with Gasteiger partial charge in [0.1, 0.15) is 0 Å². The van der Waals surface area contributed by atoms with Gasteiger partial charge in [0.2, 0.25) is 5.91 Å². The molecule has 0 aliphatic carbocycles. The van der Waals surface area contributed by atoms with Crippen LogP contribution in [-0.4, -0.2) is 37.0 Å². The van der Waals surface area contributed by atoms with Gasteiger partial charge >= 0.3 is 5.97 Å². The highest BCUT2D eigenvalue weighted by atomic mass is 32.2. The summed E-state index contributed by atoms with van der Waals surface area (Å²) >= 11 is 6.28. The Labute approximate surface area is 213 Å². The number of anilines is 2. The summed E-state index contributed by atoms with van der Waals surface area (Å²) < 4.78 is 32.3. The first kappa shape index (κ1) is 26.3. The van der Waals surface area contributed by atoms with Crippen LogP contribution < -0.4 is 15.4 Å². The van der Waals surface area contributed by atoms with Crippen LogP contribution in [0.4, 0.5) is 10.8 Å². The molecule has 1 aromatic heterocycles. The number of thiazole rings is 1. The summed E-state index contributed by atoms with van der Waals surface area (Å²) in [6.45, 7) is 0.292. The van der Waals surface area contributed by atoms with E-state index < -0.39 is 21.9 Å². The van der Waals surface area contributed by atoms with Gasteiger partial charge in [0.25, 0.3) is 10.0 Å². The van der Waals surface area contributed by atoms with E-state index in [1.807, 2.05) is 30.3 Å². The summed E-state index contributed by atoms with van der Waals surface area (Å²) in [4.78, 5) is 27.8. The molecule has 0 aliphatic rings. The molecular formula is C23H24N4O5S3. The molecule has 0 unspecified atom stereocenters. The first-order chi connectivity index (χ1) is 16.8. The Bertz CT molecular complexity index is 1230. The van der Waals surface area contributed by atoms with Gasteiger partial charge in [0, 0.05) is 23.7 Å². The zero-order valence-electron chi connectivity index (χ0n) is 18.6. The molecule has 2 aromatic carbocycles. The highest BCUT2D eigenvalue weighted by molar-refractivity contribution is 7.93. The fourth-order valence-corrected chi connectivity index (χ4v) is 4.93. The fourth-order valence-electron chi connectivity index (χ4n) is 2.91. The molecular weight excluding hydrogens is 508 g/mol. The zero-order chi connectivity index (χ0) is 25.1. The van der Waals surface area contributed by atoms with Crippen molar-refractivity contribution in [1.82, 2.24) is 10.3 Å². The van der Waals surface area contributed by atoms with E-state index in [1.165, 1.54) is 47.4 Å². The Balaban J connectivity index is 1.35. The largest absolute Gasteiger partial charge is 0.466 e. The molecule has 0 saturated heterocycles. The number of hydrogen-bond acceptors (Lipinski definition) is 8. The van der Waals surface area contributed by atoms with Crippen molar-refractivity contribution in [3.8, 4) is 0 Å². The van der Waals surface area contributed by atoms with Gasteiger partial charge in [0.05, 0.1) is 17.9 Å². The molecule has 1 amide bonds. The first-order valence-electron chi connectivity index (χ1n) is 10.6. The predicted molar refractivity (Wildman–Crippen MR) is 139 cm³/mol. The van der Waals surface area contributed by atoms with Crippen LogP contribution in [0.15, 0.2) is 71.1 Å². The predicted octanol–water partition coefficient (Wildman–Crippen LogP) is 3.71. The van der Waals surface area contributed by atoms with Gasteiger partial charge in [0.15, 0.2) is 10.2 Å². The second-order valence-corrected chi connectivity index (χ2v) is 10.3. The number of hydrogen-bond donors (Lipinski definition) is 3. The fraction of sp³-hybridized carbons (Fsp3) is 0.217. The first-order valence-corrected chi connectivity index (χ1v) is 13.4. The lowest BCUT2D eigenvalue weighted by Gasteiger charge is -2.11. The molecule has 0 radical (unpaired) electrons. The van der Waals surface area contributed by atoms with Gasteiger partial charge in [-0.05, 0) is 54.9 Å². The van der Waals surface area contributed by atoms with Crippen LogP contribution in [-0.2, 0) is 30.8 Å². The molecule has 3 rings (SSSR count). The van der Waals surface area contributed by atoms with Crippen molar-refractivity contribution in [3.63, 3.8) is 0 Å². The van der Waals surface area contributed by atoms with Crippen LogP contribution >= 0.6 is 23.6 Å². The lowest BCUT2D eigenvalue weighted by molar-refractivity contribution is -0.145. The van der Waals surface area contributed by atoms with E-state index in [1.54, 1.807) is 5.38 Å². The van der Waals surface area contributed by atoms with Gasteiger partial charge in [-0.25, -0.2) is 13.4 Å². The van der Waals surface area contributed by atoms with Crippen molar-refractivity contribution in [2.24, 2.45) is 0 Å². The number of carbonyl (C=O) groups is 2.